The van der Waals surface area contributed by atoms with Crippen LogP contribution in [0.3, 0.4) is 0 Å². The molecule has 0 unspecified atom stereocenters. The van der Waals surface area contributed by atoms with Gasteiger partial charge in [0.25, 0.3) is 0 Å². The summed E-state index contributed by atoms with van der Waals surface area (Å²) in [6, 6.07) is 35.4. The predicted molar refractivity (Wildman–Crippen MR) is 125 cm³/mol. The second-order valence-corrected chi connectivity index (χ2v) is 7.55. The summed E-state index contributed by atoms with van der Waals surface area (Å²) in [5.41, 5.74) is 5.28. The van der Waals surface area contributed by atoms with Crippen LogP contribution in [0.1, 0.15) is 0 Å². The highest BCUT2D eigenvalue weighted by atomic mass is 35.5. The molecule has 0 amide bonds. The molecule has 30 heavy (non-hydrogen) atoms. The molecule has 2 nitrogen and oxygen atoms in total. The Balaban J connectivity index is 2.02. The summed E-state index contributed by atoms with van der Waals surface area (Å²) in [7, 11) is 0. The number of benzene rings is 4. The number of para-hydroxylation sites is 1. The fourth-order valence-corrected chi connectivity index (χ4v) is 4.06. The van der Waals surface area contributed by atoms with Crippen molar-refractivity contribution in [2.45, 2.75) is 0 Å². The van der Waals surface area contributed by atoms with Gasteiger partial charge in [0.05, 0.1) is 16.8 Å². The molecule has 0 fully saturated rings. The lowest BCUT2D eigenvalue weighted by atomic mass is 9.95. The fraction of sp³-hybridized carbons (Fsp3) is 0. The van der Waals surface area contributed by atoms with Crippen molar-refractivity contribution in [2.75, 3.05) is 0 Å². The van der Waals surface area contributed by atoms with Gasteiger partial charge in [0.2, 0.25) is 0 Å². The van der Waals surface area contributed by atoms with Crippen LogP contribution in [0.25, 0.3) is 39.0 Å². The summed E-state index contributed by atoms with van der Waals surface area (Å²) in [4.78, 5) is 13.7. The van der Waals surface area contributed by atoms with Gasteiger partial charge in [-0.1, -0.05) is 84.4 Å². The van der Waals surface area contributed by atoms with Gasteiger partial charge in [-0.3, -0.25) is 4.79 Å². The van der Waals surface area contributed by atoms with Crippen LogP contribution in [0.2, 0.25) is 5.02 Å². The van der Waals surface area contributed by atoms with Crippen molar-refractivity contribution >= 4 is 22.5 Å². The van der Waals surface area contributed by atoms with Gasteiger partial charge in [0.15, 0.2) is 5.43 Å². The molecule has 0 aliphatic heterocycles. The summed E-state index contributed by atoms with van der Waals surface area (Å²) in [5.74, 6) is 0. The smallest absolute Gasteiger partial charge is 0.197 e. The van der Waals surface area contributed by atoms with E-state index in [1.807, 2.05) is 109 Å². The first-order valence-corrected chi connectivity index (χ1v) is 10.2. The van der Waals surface area contributed by atoms with Crippen LogP contribution >= 0.6 is 11.6 Å². The van der Waals surface area contributed by atoms with Crippen molar-refractivity contribution in [3.8, 4) is 28.1 Å². The van der Waals surface area contributed by atoms with Gasteiger partial charge in [0, 0.05) is 16.1 Å². The number of rotatable bonds is 3. The van der Waals surface area contributed by atoms with Crippen LogP contribution in [0.4, 0.5) is 0 Å². The van der Waals surface area contributed by atoms with E-state index >= 15 is 0 Å². The van der Waals surface area contributed by atoms with E-state index in [0.717, 1.165) is 28.0 Å². The highest BCUT2D eigenvalue weighted by Gasteiger charge is 2.20. The summed E-state index contributed by atoms with van der Waals surface area (Å²) < 4.78 is 2.16. The molecule has 0 aliphatic rings. The molecule has 0 saturated heterocycles. The van der Waals surface area contributed by atoms with E-state index in [2.05, 4.69) is 4.57 Å². The van der Waals surface area contributed by atoms with E-state index in [0.29, 0.717) is 16.0 Å². The zero-order valence-corrected chi connectivity index (χ0v) is 16.9. The second kappa shape index (κ2) is 7.66. The minimum absolute atomic E-state index is 0.0286. The Kier molecular flexibility index (Phi) is 4.70. The van der Waals surface area contributed by atoms with E-state index < -0.39 is 0 Å². The number of halogens is 1. The van der Waals surface area contributed by atoms with Crippen molar-refractivity contribution < 1.29 is 0 Å². The maximum absolute atomic E-state index is 13.7. The van der Waals surface area contributed by atoms with Crippen LogP contribution < -0.4 is 5.43 Å². The molecule has 0 saturated carbocycles. The normalized spacial score (nSPS) is 11.0. The van der Waals surface area contributed by atoms with Gasteiger partial charge in [-0.25, -0.2) is 0 Å². The van der Waals surface area contributed by atoms with Gasteiger partial charge in [-0.05, 0) is 47.5 Å². The molecule has 0 atom stereocenters. The van der Waals surface area contributed by atoms with E-state index in [4.69, 9.17) is 11.6 Å². The van der Waals surface area contributed by atoms with Crippen molar-refractivity contribution in [3.05, 3.63) is 124 Å². The molecule has 0 radical (unpaired) electrons. The Morgan fingerprint density at radius 3 is 1.83 bits per heavy atom. The number of hydrogen-bond donors (Lipinski definition) is 0. The summed E-state index contributed by atoms with van der Waals surface area (Å²) >= 11 is 6.17. The van der Waals surface area contributed by atoms with Crippen molar-refractivity contribution in [2.24, 2.45) is 0 Å². The van der Waals surface area contributed by atoms with Crippen LogP contribution in [0, 0.1) is 0 Å². The van der Waals surface area contributed by atoms with E-state index in [1.165, 1.54) is 0 Å². The number of nitrogens with zero attached hydrogens (tertiary/aromatic N) is 1. The van der Waals surface area contributed by atoms with E-state index in [-0.39, 0.29) is 5.43 Å². The number of hydrogen-bond acceptors (Lipinski definition) is 1. The molecular formula is C27H18ClNO. The molecule has 1 aromatic heterocycles. The van der Waals surface area contributed by atoms with E-state index in [1.54, 1.807) is 0 Å². The Hall–Kier alpha value is -3.62. The van der Waals surface area contributed by atoms with Crippen LogP contribution in [-0.2, 0) is 0 Å². The largest absolute Gasteiger partial charge is 0.308 e. The monoisotopic (exact) mass is 407 g/mol. The zero-order chi connectivity index (χ0) is 20.5. The van der Waals surface area contributed by atoms with Gasteiger partial charge in [-0.2, -0.15) is 0 Å². The van der Waals surface area contributed by atoms with Gasteiger partial charge < -0.3 is 4.57 Å². The maximum atomic E-state index is 13.7. The van der Waals surface area contributed by atoms with Crippen LogP contribution in [-0.4, -0.2) is 4.57 Å². The number of aromatic nitrogens is 1. The fourth-order valence-electron chi connectivity index (χ4n) is 3.94. The average molecular weight is 408 g/mol. The van der Waals surface area contributed by atoms with Crippen molar-refractivity contribution in [1.82, 2.24) is 4.57 Å². The summed E-state index contributed by atoms with van der Waals surface area (Å²) in [6.07, 6.45) is 0. The van der Waals surface area contributed by atoms with Crippen molar-refractivity contribution in [1.29, 1.82) is 0 Å². The first-order valence-electron chi connectivity index (χ1n) is 9.78. The standard InChI is InChI=1S/C27H18ClNO/c28-21-15-17-22(18-16-21)29-24-14-8-7-13-23(24)27(30)25(19-9-3-1-4-10-19)26(29)20-11-5-2-6-12-20/h1-18H. The number of pyridine rings is 1. The zero-order valence-electron chi connectivity index (χ0n) is 16.1. The third-order valence-corrected chi connectivity index (χ3v) is 5.52. The first-order chi connectivity index (χ1) is 14.7. The highest BCUT2D eigenvalue weighted by Crippen LogP contribution is 2.35. The Bertz CT molecular complexity index is 1390. The third kappa shape index (κ3) is 3.12. The molecule has 5 rings (SSSR count). The summed E-state index contributed by atoms with van der Waals surface area (Å²) in [5, 5.41) is 1.36. The topological polar surface area (TPSA) is 22.0 Å². The van der Waals surface area contributed by atoms with Crippen LogP contribution in [0.15, 0.2) is 114 Å². The lowest BCUT2D eigenvalue weighted by Crippen LogP contribution is -2.15. The quantitative estimate of drug-likeness (QED) is 0.316. The molecule has 0 aliphatic carbocycles. The Labute approximate surface area is 179 Å². The Morgan fingerprint density at radius 1 is 0.600 bits per heavy atom. The Morgan fingerprint density at radius 2 is 1.17 bits per heavy atom. The maximum Gasteiger partial charge on any atom is 0.197 e. The van der Waals surface area contributed by atoms with Gasteiger partial charge >= 0.3 is 0 Å². The predicted octanol–water partition coefficient (Wildman–Crippen LogP) is 6.98. The summed E-state index contributed by atoms with van der Waals surface area (Å²) in [6.45, 7) is 0. The minimum atomic E-state index is 0.0286. The van der Waals surface area contributed by atoms with Crippen LogP contribution in [0.5, 0.6) is 0 Å². The molecule has 0 spiro atoms. The molecule has 0 N–H and O–H groups in total. The lowest BCUT2D eigenvalue weighted by Gasteiger charge is -2.21. The molecule has 4 aromatic carbocycles. The highest BCUT2D eigenvalue weighted by molar-refractivity contribution is 6.30. The molecule has 5 aromatic rings. The molecule has 0 bridgehead atoms. The first kappa shape index (κ1) is 18.4. The lowest BCUT2D eigenvalue weighted by molar-refractivity contribution is 1.11. The van der Waals surface area contributed by atoms with Gasteiger partial charge in [0.1, 0.15) is 0 Å². The minimum Gasteiger partial charge on any atom is -0.308 e. The molecular weight excluding hydrogens is 390 g/mol. The molecule has 1 heterocycles. The average Bonchev–Trinajstić information content (AvgIpc) is 2.81. The second-order valence-electron chi connectivity index (χ2n) is 7.11. The molecule has 3 heteroatoms. The van der Waals surface area contributed by atoms with Gasteiger partial charge in [-0.15, -0.1) is 0 Å². The van der Waals surface area contributed by atoms with E-state index in [9.17, 15) is 4.79 Å². The van der Waals surface area contributed by atoms with Crippen molar-refractivity contribution in [3.63, 3.8) is 0 Å². The third-order valence-electron chi connectivity index (χ3n) is 5.27. The SMILES string of the molecule is O=c1c(-c2ccccc2)c(-c2ccccc2)n(-c2ccc(Cl)cc2)c2ccccc12. The number of fused-ring (bicyclic) bond motifs is 1. The molecule has 144 valence electrons.